The highest BCUT2D eigenvalue weighted by atomic mass is 19.1. The first kappa shape index (κ1) is 14.1. The fourth-order valence-corrected chi connectivity index (χ4v) is 2.05. The number of nitrogens with zero attached hydrogens (tertiary/aromatic N) is 1. The molecule has 0 aliphatic rings. The Bertz CT molecular complexity index is 322. The first-order valence-electron chi connectivity index (χ1n) is 6.40. The van der Waals surface area contributed by atoms with E-state index in [0.717, 1.165) is 38.0 Å². The fraction of sp³-hybridized carbons (Fsp3) is 0.571. The summed E-state index contributed by atoms with van der Waals surface area (Å²) < 4.78 is 13.1. The van der Waals surface area contributed by atoms with Crippen molar-refractivity contribution in [3.05, 3.63) is 35.6 Å². The number of halogens is 1. The minimum Gasteiger partial charge on any atom is -0.323 e. The Kier molecular flexibility index (Phi) is 6.16. The molecule has 0 saturated carbocycles. The minimum absolute atomic E-state index is 0.108. The summed E-state index contributed by atoms with van der Waals surface area (Å²) in [6.07, 6.45) is 2.24. The zero-order chi connectivity index (χ0) is 12.7. The van der Waals surface area contributed by atoms with Gasteiger partial charge in [-0.3, -0.25) is 0 Å². The maximum absolute atomic E-state index is 13.1. The van der Waals surface area contributed by atoms with Gasteiger partial charge in [0.25, 0.3) is 0 Å². The van der Waals surface area contributed by atoms with E-state index in [1.54, 1.807) is 6.07 Å². The van der Waals surface area contributed by atoms with Gasteiger partial charge in [0.15, 0.2) is 0 Å². The van der Waals surface area contributed by atoms with Crippen LogP contribution in [0.4, 0.5) is 4.39 Å². The van der Waals surface area contributed by atoms with E-state index >= 15 is 0 Å². The maximum atomic E-state index is 13.1. The van der Waals surface area contributed by atoms with Crippen LogP contribution in [0.1, 0.15) is 38.3 Å². The van der Waals surface area contributed by atoms with Gasteiger partial charge in [0.05, 0.1) is 0 Å². The quantitative estimate of drug-likeness (QED) is 0.791. The van der Waals surface area contributed by atoms with Crippen molar-refractivity contribution in [2.24, 2.45) is 5.73 Å². The molecular formula is C14H23FN2. The summed E-state index contributed by atoms with van der Waals surface area (Å²) in [4.78, 5) is 2.34. The Hall–Kier alpha value is -0.930. The zero-order valence-electron chi connectivity index (χ0n) is 10.8. The number of rotatable bonds is 7. The molecule has 0 spiro atoms. The lowest BCUT2D eigenvalue weighted by molar-refractivity contribution is 0.258. The van der Waals surface area contributed by atoms with Gasteiger partial charge in [-0.05, 0) is 43.6 Å². The van der Waals surface area contributed by atoms with Crippen LogP contribution in [-0.4, -0.2) is 24.5 Å². The molecule has 1 aromatic rings. The molecule has 0 fully saturated rings. The van der Waals surface area contributed by atoms with Gasteiger partial charge in [-0.2, -0.15) is 0 Å². The van der Waals surface area contributed by atoms with E-state index in [9.17, 15) is 4.39 Å². The van der Waals surface area contributed by atoms with Gasteiger partial charge < -0.3 is 10.6 Å². The van der Waals surface area contributed by atoms with Crippen molar-refractivity contribution in [2.75, 3.05) is 19.6 Å². The van der Waals surface area contributed by atoms with Crippen molar-refractivity contribution in [1.82, 2.24) is 4.90 Å². The third-order valence-electron chi connectivity index (χ3n) is 2.81. The van der Waals surface area contributed by atoms with Gasteiger partial charge in [0.1, 0.15) is 5.82 Å². The average Bonchev–Trinajstić information content (AvgIpc) is 2.29. The number of nitrogens with two attached hydrogens (primary N) is 1. The standard InChI is InChI=1S/C14H23FN2/c1-3-8-17(9-4-2)11-14(16)12-6-5-7-13(15)10-12/h5-7,10,14H,3-4,8-9,11,16H2,1-2H3. The second-order valence-electron chi connectivity index (χ2n) is 4.46. The van der Waals surface area contributed by atoms with Gasteiger partial charge in [-0.15, -0.1) is 0 Å². The van der Waals surface area contributed by atoms with Crippen LogP contribution in [0.3, 0.4) is 0 Å². The predicted octanol–water partition coefficient (Wildman–Crippen LogP) is 2.95. The van der Waals surface area contributed by atoms with Crippen LogP contribution >= 0.6 is 0 Å². The molecule has 3 heteroatoms. The maximum Gasteiger partial charge on any atom is 0.123 e. The monoisotopic (exact) mass is 238 g/mol. The SMILES string of the molecule is CCCN(CCC)CC(N)c1cccc(F)c1. The average molecular weight is 238 g/mol. The van der Waals surface area contributed by atoms with Crippen LogP contribution < -0.4 is 5.73 Å². The fourth-order valence-electron chi connectivity index (χ4n) is 2.05. The van der Waals surface area contributed by atoms with Crippen LogP contribution in [0.2, 0.25) is 0 Å². The van der Waals surface area contributed by atoms with E-state index in [1.165, 1.54) is 12.1 Å². The van der Waals surface area contributed by atoms with Crippen LogP contribution in [0.15, 0.2) is 24.3 Å². The summed E-state index contributed by atoms with van der Waals surface area (Å²) >= 11 is 0. The molecule has 0 saturated heterocycles. The van der Waals surface area contributed by atoms with Crippen LogP contribution in [0.5, 0.6) is 0 Å². The summed E-state index contributed by atoms with van der Waals surface area (Å²) in [5.74, 6) is -0.213. The van der Waals surface area contributed by atoms with E-state index in [-0.39, 0.29) is 11.9 Å². The zero-order valence-corrected chi connectivity index (χ0v) is 10.8. The second-order valence-corrected chi connectivity index (χ2v) is 4.46. The molecule has 17 heavy (non-hydrogen) atoms. The first-order valence-corrected chi connectivity index (χ1v) is 6.40. The lowest BCUT2D eigenvalue weighted by atomic mass is 10.1. The summed E-state index contributed by atoms with van der Waals surface area (Å²) in [5, 5.41) is 0. The van der Waals surface area contributed by atoms with Crippen LogP contribution in [0, 0.1) is 5.82 Å². The molecule has 1 unspecified atom stereocenters. The van der Waals surface area contributed by atoms with Crippen LogP contribution in [0.25, 0.3) is 0 Å². The molecule has 0 radical (unpaired) electrons. The van der Waals surface area contributed by atoms with Gasteiger partial charge in [0, 0.05) is 12.6 Å². The molecule has 96 valence electrons. The van der Waals surface area contributed by atoms with Gasteiger partial charge >= 0.3 is 0 Å². The number of benzene rings is 1. The molecule has 1 rings (SSSR count). The molecular weight excluding hydrogens is 215 g/mol. The molecule has 0 bridgehead atoms. The molecule has 0 aromatic heterocycles. The van der Waals surface area contributed by atoms with Crippen molar-refractivity contribution < 1.29 is 4.39 Å². The highest BCUT2D eigenvalue weighted by Gasteiger charge is 2.11. The Morgan fingerprint density at radius 2 is 1.88 bits per heavy atom. The van der Waals surface area contributed by atoms with E-state index < -0.39 is 0 Å². The highest BCUT2D eigenvalue weighted by molar-refractivity contribution is 5.20. The van der Waals surface area contributed by atoms with E-state index in [4.69, 9.17) is 5.73 Å². The van der Waals surface area contributed by atoms with Crippen molar-refractivity contribution in [2.45, 2.75) is 32.7 Å². The Labute approximate surface area is 104 Å². The number of hydrogen-bond donors (Lipinski definition) is 1. The van der Waals surface area contributed by atoms with Crippen molar-refractivity contribution in [3.63, 3.8) is 0 Å². The Morgan fingerprint density at radius 3 is 2.41 bits per heavy atom. The Morgan fingerprint density at radius 1 is 1.24 bits per heavy atom. The van der Waals surface area contributed by atoms with Crippen molar-refractivity contribution in [3.8, 4) is 0 Å². The topological polar surface area (TPSA) is 29.3 Å². The minimum atomic E-state index is -0.213. The molecule has 0 amide bonds. The first-order chi connectivity index (χ1) is 8.17. The predicted molar refractivity (Wildman–Crippen MR) is 70.4 cm³/mol. The molecule has 1 atom stereocenters. The van der Waals surface area contributed by atoms with E-state index in [1.807, 2.05) is 6.07 Å². The third-order valence-corrected chi connectivity index (χ3v) is 2.81. The van der Waals surface area contributed by atoms with Crippen molar-refractivity contribution >= 4 is 0 Å². The van der Waals surface area contributed by atoms with Crippen LogP contribution in [-0.2, 0) is 0 Å². The molecule has 0 aliphatic heterocycles. The molecule has 0 aliphatic carbocycles. The third kappa shape index (κ3) is 4.84. The summed E-state index contributed by atoms with van der Waals surface area (Å²) in [6, 6.07) is 6.48. The smallest absolute Gasteiger partial charge is 0.123 e. The van der Waals surface area contributed by atoms with E-state index in [2.05, 4.69) is 18.7 Å². The van der Waals surface area contributed by atoms with Gasteiger partial charge in [-0.25, -0.2) is 4.39 Å². The molecule has 0 heterocycles. The Balaban J connectivity index is 2.59. The van der Waals surface area contributed by atoms with Crippen molar-refractivity contribution in [1.29, 1.82) is 0 Å². The highest BCUT2D eigenvalue weighted by Crippen LogP contribution is 2.13. The second kappa shape index (κ2) is 7.41. The molecule has 2 nitrogen and oxygen atoms in total. The lowest BCUT2D eigenvalue weighted by Gasteiger charge is -2.24. The largest absolute Gasteiger partial charge is 0.323 e. The summed E-state index contributed by atoms with van der Waals surface area (Å²) in [6.45, 7) is 7.23. The molecule has 2 N–H and O–H groups in total. The van der Waals surface area contributed by atoms with E-state index in [0.29, 0.717) is 0 Å². The van der Waals surface area contributed by atoms with Gasteiger partial charge in [-0.1, -0.05) is 26.0 Å². The number of hydrogen-bond acceptors (Lipinski definition) is 2. The van der Waals surface area contributed by atoms with Gasteiger partial charge in [0.2, 0.25) is 0 Å². The summed E-state index contributed by atoms with van der Waals surface area (Å²) in [7, 11) is 0. The normalized spacial score (nSPS) is 13.0. The lowest BCUT2D eigenvalue weighted by Crippen LogP contribution is -2.33. The summed E-state index contributed by atoms with van der Waals surface area (Å²) in [5.41, 5.74) is 6.99. The molecule has 1 aromatic carbocycles.